The zero-order valence-electron chi connectivity index (χ0n) is 23.3. The maximum absolute atomic E-state index is 13.0. The molecule has 5 fully saturated rings. The molecule has 3 N–H and O–H groups in total. The first-order valence-corrected chi connectivity index (χ1v) is 14.8. The van der Waals surface area contributed by atoms with Crippen molar-refractivity contribution in [1.29, 1.82) is 0 Å². The molecule has 4 saturated carbocycles. The highest BCUT2D eigenvalue weighted by Gasteiger charge is 2.68. The van der Waals surface area contributed by atoms with Crippen LogP contribution in [0.15, 0.2) is 11.6 Å². The van der Waals surface area contributed by atoms with Crippen molar-refractivity contribution >= 4 is 12.3 Å². The number of hydrogen-bond acceptors (Lipinski definition) is 9. The Bertz CT molecular complexity index is 1010. The number of cyclic esters (lactones) is 1. The number of aldehydes is 1. The lowest BCUT2D eigenvalue weighted by molar-refractivity contribution is -0.312. The predicted molar refractivity (Wildman–Crippen MR) is 138 cm³/mol. The van der Waals surface area contributed by atoms with Gasteiger partial charge in [0.25, 0.3) is 0 Å². The Kier molecular flexibility index (Phi) is 7.04. The predicted octanol–water partition coefficient (Wildman–Crippen LogP) is 2.29. The van der Waals surface area contributed by atoms with E-state index >= 15 is 0 Å². The van der Waals surface area contributed by atoms with Crippen LogP contribution in [0, 0.1) is 34.5 Å². The Hall–Kier alpha value is -1.36. The fourth-order valence-electron chi connectivity index (χ4n) is 10.00. The third-order valence-corrected chi connectivity index (χ3v) is 12.1. The van der Waals surface area contributed by atoms with Crippen molar-refractivity contribution in [2.24, 2.45) is 34.5 Å². The topological polar surface area (TPSA) is 132 Å². The molecule has 6 aliphatic rings. The minimum Gasteiger partial charge on any atom is -0.458 e. The van der Waals surface area contributed by atoms with Crippen molar-refractivity contribution in [3.8, 4) is 0 Å². The summed E-state index contributed by atoms with van der Waals surface area (Å²) in [5.74, 6) is 0.152. The summed E-state index contributed by atoms with van der Waals surface area (Å²) in [4.78, 5) is 24.8. The van der Waals surface area contributed by atoms with Gasteiger partial charge in [-0.15, -0.1) is 0 Å². The number of aliphatic hydroxyl groups excluding tert-OH is 2. The van der Waals surface area contributed by atoms with Crippen LogP contribution in [0.25, 0.3) is 0 Å². The van der Waals surface area contributed by atoms with Gasteiger partial charge in [-0.25, -0.2) is 4.79 Å². The van der Waals surface area contributed by atoms with Crippen LogP contribution in [0.4, 0.5) is 0 Å². The van der Waals surface area contributed by atoms with Gasteiger partial charge in [0.2, 0.25) is 0 Å². The Labute approximate surface area is 230 Å². The Morgan fingerprint density at radius 2 is 1.85 bits per heavy atom. The van der Waals surface area contributed by atoms with Crippen molar-refractivity contribution in [2.75, 3.05) is 13.7 Å². The fraction of sp³-hybridized carbons (Fsp3) is 0.867. The van der Waals surface area contributed by atoms with Gasteiger partial charge in [-0.3, -0.25) is 0 Å². The van der Waals surface area contributed by atoms with E-state index < -0.39 is 41.7 Å². The minimum atomic E-state index is -1.11. The normalized spacial score (nSPS) is 53.3. The van der Waals surface area contributed by atoms with E-state index in [1.54, 1.807) is 13.0 Å². The summed E-state index contributed by atoms with van der Waals surface area (Å²) < 4.78 is 22.6. The number of carbonyl (C=O) groups is 2. The van der Waals surface area contributed by atoms with Crippen LogP contribution in [0.3, 0.4) is 0 Å². The molecule has 0 aromatic rings. The number of ether oxygens (including phenoxy) is 4. The number of rotatable bonds is 5. The highest BCUT2D eigenvalue weighted by atomic mass is 16.7. The van der Waals surface area contributed by atoms with Crippen molar-refractivity contribution in [3.63, 3.8) is 0 Å². The molecule has 0 radical (unpaired) electrons. The van der Waals surface area contributed by atoms with E-state index in [0.717, 1.165) is 37.7 Å². The van der Waals surface area contributed by atoms with Crippen LogP contribution < -0.4 is 0 Å². The molecule has 6 rings (SSSR count). The summed E-state index contributed by atoms with van der Waals surface area (Å²) in [6.07, 6.45) is 5.39. The molecule has 13 atom stereocenters. The molecule has 4 aliphatic carbocycles. The molecule has 2 aliphatic heterocycles. The lowest BCUT2D eigenvalue weighted by Crippen LogP contribution is -2.63. The minimum absolute atomic E-state index is 0.0482. The van der Waals surface area contributed by atoms with Crippen molar-refractivity contribution in [1.82, 2.24) is 0 Å². The van der Waals surface area contributed by atoms with Gasteiger partial charge in [0.05, 0.1) is 17.8 Å². The number of methoxy groups -OCH3 is 1. The number of esters is 1. The standard InChI is InChI=1S/C30H44O9/c1-16-24(33)26(36-3)25(34)27(38-16)39-19-6-10-29(15-31)18(13-19)4-5-22-21(29)7-9-28(2)20(8-11-30(22,28)35)17-12-23(32)37-14-17/h12,15-16,18-22,24-27,33-35H,4-11,13-14H2,1-3H3/t16-,18+,19-,20-,21?,22?,24-,25-,26+,27-,28+,29+,30-/m0/s1. The van der Waals surface area contributed by atoms with E-state index in [1.807, 2.05) is 0 Å². The van der Waals surface area contributed by atoms with Gasteiger partial charge in [0.1, 0.15) is 31.2 Å². The van der Waals surface area contributed by atoms with Gasteiger partial charge in [-0.1, -0.05) is 6.92 Å². The SMILES string of the molecule is CO[C@H]1[C@H](O)[C@H](O[C@H]2CC[C@]3(C=O)C4CC[C@]5(C)[C@H](C6=CC(=O)OC6)CC[C@]5(O)C4CC[C@@H]3C2)O[C@@H](C)[C@@H]1O. The molecule has 2 heterocycles. The number of fused-ring (bicyclic) bond motifs is 5. The van der Waals surface area contributed by atoms with E-state index in [4.69, 9.17) is 18.9 Å². The quantitative estimate of drug-likeness (QED) is 0.269. The Morgan fingerprint density at radius 3 is 2.54 bits per heavy atom. The van der Waals surface area contributed by atoms with E-state index in [1.165, 1.54) is 13.4 Å². The Morgan fingerprint density at radius 1 is 1.05 bits per heavy atom. The molecular weight excluding hydrogens is 504 g/mol. The highest BCUT2D eigenvalue weighted by Crippen LogP contribution is 2.69. The van der Waals surface area contributed by atoms with E-state index in [-0.39, 0.29) is 41.2 Å². The van der Waals surface area contributed by atoms with Gasteiger partial charge in [-0.2, -0.15) is 0 Å². The van der Waals surface area contributed by atoms with E-state index in [9.17, 15) is 24.9 Å². The zero-order chi connectivity index (χ0) is 27.7. The van der Waals surface area contributed by atoms with Crippen LogP contribution in [-0.4, -0.2) is 83.7 Å². The maximum Gasteiger partial charge on any atom is 0.331 e. The van der Waals surface area contributed by atoms with Gasteiger partial charge in [0.15, 0.2) is 6.29 Å². The van der Waals surface area contributed by atoms with Crippen LogP contribution in [0.1, 0.15) is 71.6 Å². The van der Waals surface area contributed by atoms with E-state index in [2.05, 4.69) is 6.92 Å². The maximum atomic E-state index is 13.0. The second kappa shape index (κ2) is 9.88. The summed E-state index contributed by atoms with van der Waals surface area (Å²) in [5, 5.41) is 33.4. The van der Waals surface area contributed by atoms with E-state index in [0.29, 0.717) is 32.3 Å². The molecular formula is C30H44O9. The van der Waals surface area contributed by atoms with Gasteiger partial charge < -0.3 is 39.1 Å². The van der Waals surface area contributed by atoms with Crippen molar-refractivity contribution in [3.05, 3.63) is 11.6 Å². The number of carbonyl (C=O) groups excluding carboxylic acids is 2. The van der Waals surface area contributed by atoms with Crippen molar-refractivity contribution in [2.45, 2.75) is 114 Å². The van der Waals surface area contributed by atoms with Crippen LogP contribution >= 0.6 is 0 Å². The molecule has 0 aromatic carbocycles. The van der Waals surface area contributed by atoms with Crippen LogP contribution in [0.5, 0.6) is 0 Å². The first-order valence-electron chi connectivity index (χ1n) is 14.8. The first kappa shape index (κ1) is 27.8. The van der Waals surface area contributed by atoms with Crippen molar-refractivity contribution < 1.29 is 43.9 Å². The molecule has 0 aromatic heterocycles. The molecule has 1 saturated heterocycles. The summed E-state index contributed by atoms with van der Waals surface area (Å²) in [6, 6.07) is 0. The summed E-state index contributed by atoms with van der Waals surface area (Å²) in [6.45, 7) is 4.25. The van der Waals surface area contributed by atoms with Gasteiger partial charge in [-0.05, 0) is 94.0 Å². The fourth-order valence-corrected chi connectivity index (χ4v) is 10.00. The molecule has 39 heavy (non-hydrogen) atoms. The average molecular weight is 549 g/mol. The zero-order valence-corrected chi connectivity index (χ0v) is 23.3. The Balaban J connectivity index is 1.18. The van der Waals surface area contributed by atoms with Crippen LogP contribution in [0.2, 0.25) is 0 Å². The molecule has 2 unspecified atom stereocenters. The average Bonchev–Trinajstić information content (AvgIpc) is 3.47. The third-order valence-electron chi connectivity index (χ3n) is 12.1. The second-order valence-corrected chi connectivity index (χ2v) is 13.4. The number of hydrogen-bond donors (Lipinski definition) is 3. The van der Waals surface area contributed by atoms with Gasteiger partial charge >= 0.3 is 5.97 Å². The monoisotopic (exact) mass is 548 g/mol. The molecule has 9 heteroatoms. The molecule has 0 spiro atoms. The summed E-state index contributed by atoms with van der Waals surface area (Å²) >= 11 is 0. The summed E-state index contributed by atoms with van der Waals surface area (Å²) in [7, 11) is 1.46. The third kappa shape index (κ3) is 4.02. The largest absolute Gasteiger partial charge is 0.458 e. The molecule has 9 nitrogen and oxygen atoms in total. The number of aliphatic hydroxyl groups is 3. The van der Waals surface area contributed by atoms with Crippen LogP contribution in [-0.2, 0) is 28.5 Å². The lowest BCUT2D eigenvalue weighted by atomic mass is 9.43. The van der Waals surface area contributed by atoms with Gasteiger partial charge in [0, 0.05) is 24.0 Å². The first-order chi connectivity index (χ1) is 18.6. The molecule has 0 amide bonds. The second-order valence-electron chi connectivity index (χ2n) is 13.4. The lowest BCUT2D eigenvalue weighted by Gasteiger charge is -2.63. The summed E-state index contributed by atoms with van der Waals surface area (Å²) in [5.41, 5.74) is -0.682. The smallest absolute Gasteiger partial charge is 0.331 e. The highest BCUT2D eigenvalue weighted by molar-refractivity contribution is 5.85. The molecule has 218 valence electrons. The molecule has 0 bridgehead atoms.